The highest BCUT2D eigenvalue weighted by Crippen LogP contribution is 2.39. The van der Waals surface area contributed by atoms with Crippen LogP contribution in [-0.4, -0.2) is 71.1 Å². The second-order valence-electron chi connectivity index (χ2n) is 9.13. The molecule has 0 spiro atoms. The van der Waals surface area contributed by atoms with Crippen LogP contribution in [-0.2, 0) is 4.79 Å². The van der Waals surface area contributed by atoms with Gasteiger partial charge in [-0.2, -0.15) is 0 Å². The van der Waals surface area contributed by atoms with E-state index in [-0.39, 0.29) is 6.04 Å². The van der Waals surface area contributed by atoms with Crippen molar-refractivity contribution in [3.63, 3.8) is 0 Å². The number of fused-ring (bicyclic) bond motifs is 3. The zero-order chi connectivity index (χ0) is 22.2. The van der Waals surface area contributed by atoms with E-state index >= 15 is 0 Å². The number of rotatable bonds is 5. The Morgan fingerprint density at radius 3 is 2.67 bits per heavy atom. The van der Waals surface area contributed by atoms with Crippen molar-refractivity contribution >= 4 is 17.4 Å². The number of carbonyl (C=O) groups is 1. The van der Waals surface area contributed by atoms with Crippen molar-refractivity contribution < 1.29 is 4.79 Å². The van der Waals surface area contributed by atoms with Gasteiger partial charge in [0.05, 0.1) is 17.4 Å². The van der Waals surface area contributed by atoms with E-state index < -0.39 is 0 Å². The molecule has 7 nitrogen and oxygen atoms in total. The molecule has 5 heterocycles. The number of pyridine rings is 1. The average molecular weight is 443 g/mol. The van der Waals surface area contributed by atoms with Gasteiger partial charge in [-0.3, -0.25) is 9.69 Å². The van der Waals surface area contributed by atoms with E-state index in [4.69, 9.17) is 4.98 Å². The summed E-state index contributed by atoms with van der Waals surface area (Å²) in [5, 5.41) is 3.76. The molecule has 7 heteroatoms. The van der Waals surface area contributed by atoms with Gasteiger partial charge in [0, 0.05) is 75.9 Å². The minimum absolute atomic E-state index is 0.0535. The van der Waals surface area contributed by atoms with Crippen molar-refractivity contribution in [2.24, 2.45) is 0 Å². The zero-order valence-corrected chi connectivity index (χ0v) is 18.9. The minimum Gasteiger partial charge on any atom is -0.371 e. The van der Waals surface area contributed by atoms with Crippen molar-refractivity contribution in [3.8, 4) is 5.69 Å². The molecule has 0 radical (unpaired) electrons. The van der Waals surface area contributed by atoms with Crippen LogP contribution < -0.4 is 10.2 Å². The van der Waals surface area contributed by atoms with Crippen molar-refractivity contribution in [3.05, 3.63) is 72.2 Å². The number of aromatic nitrogens is 2. The maximum absolute atomic E-state index is 11.9. The van der Waals surface area contributed by atoms with E-state index in [1.54, 1.807) is 0 Å². The molecule has 1 N–H and O–H groups in total. The fourth-order valence-electron chi connectivity index (χ4n) is 5.41. The SMILES string of the molecule is O=C1CCCN1CCN1CCN(c2ncccc2C2Nc3ccccc3-n3cccc32)CC1. The summed E-state index contributed by atoms with van der Waals surface area (Å²) in [7, 11) is 0. The third kappa shape index (κ3) is 3.76. The van der Waals surface area contributed by atoms with Crippen LogP contribution in [0.2, 0.25) is 0 Å². The van der Waals surface area contributed by atoms with E-state index in [1.807, 2.05) is 17.2 Å². The average Bonchev–Trinajstić information content (AvgIpc) is 3.52. The third-order valence-corrected chi connectivity index (χ3v) is 7.20. The molecule has 170 valence electrons. The van der Waals surface area contributed by atoms with Gasteiger partial charge in [0.15, 0.2) is 0 Å². The molecular weight excluding hydrogens is 412 g/mol. The topological polar surface area (TPSA) is 56.6 Å². The van der Waals surface area contributed by atoms with Gasteiger partial charge in [-0.15, -0.1) is 0 Å². The monoisotopic (exact) mass is 442 g/mol. The Morgan fingerprint density at radius 1 is 0.939 bits per heavy atom. The number of benzene rings is 1. The lowest BCUT2D eigenvalue weighted by Crippen LogP contribution is -2.49. The Balaban J connectivity index is 1.19. The van der Waals surface area contributed by atoms with Crippen molar-refractivity contribution in [2.45, 2.75) is 18.9 Å². The molecule has 1 amide bonds. The van der Waals surface area contributed by atoms with Gasteiger partial charge >= 0.3 is 0 Å². The zero-order valence-electron chi connectivity index (χ0n) is 18.9. The summed E-state index contributed by atoms with van der Waals surface area (Å²) >= 11 is 0. The van der Waals surface area contributed by atoms with Crippen molar-refractivity contribution in [1.82, 2.24) is 19.4 Å². The highest BCUT2D eigenvalue weighted by Gasteiger charge is 2.30. The lowest BCUT2D eigenvalue weighted by atomic mass is 10.0. The third-order valence-electron chi connectivity index (χ3n) is 7.20. The normalized spacial score (nSPS) is 20.5. The first kappa shape index (κ1) is 20.3. The maximum atomic E-state index is 11.9. The number of nitrogens with one attached hydrogen (secondary N) is 1. The summed E-state index contributed by atoms with van der Waals surface area (Å²) in [5.74, 6) is 1.38. The lowest BCUT2D eigenvalue weighted by Gasteiger charge is -2.38. The number of carbonyl (C=O) groups excluding carboxylic acids is 1. The van der Waals surface area contributed by atoms with Crippen LogP contribution in [0.25, 0.3) is 5.69 Å². The smallest absolute Gasteiger partial charge is 0.222 e. The maximum Gasteiger partial charge on any atom is 0.222 e. The van der Waals surface area contributed by atoms with E-state index in [1.165, 1.54) is 16.9 Å². The molecule has 3 aliphatic heterocycles. The summed E-state index contributed by atoms with van der Waals surface area (Å²) < 4.78 is 2.28. The molecule has 1 atom stereocenters. The molecule has 0 saturated carbocycles. The van der Waals surface area contributed by atoms with Crippen LogP contribution in [0.4, 0.5) is 11.5 Å². The summed E-state index contributed by atoms with van der Waals surface area (Å²) in [4.78, 5) is 23.7. The summed E-state index contributed by atoms with van der Waals surface area (Å²) in [5.41, 5.74) is 4.77. The van der Waals surface area contributed by atoms with Crippen LogP contribution in [0, 0.1) is 0 Å². The first-order chi connectivity index (χ1) is 16.3. The van der Waals surface area contributed by atoms with Crippen LogP contribution in [0.15, 0.2) is 60.9 Å². The Kier molecular flexibility index (Phi) is 5.26. The molecule has 3 aromatic rings. The first-order valence-electron chi connectivity index (χ1n) is 12.0. The Morgan fingerprint density at radius 2 is 1.82 bits per heavy atom. The minimum atomic E-state index is 0.0535. The predicted molar refractivity (Wildman–Crippen MR) is 130 cm³/mol. The van der Waals surface area contributed by atoms with Gasteiger partial charge in [0.25, 0.3) is 0 Å². The van der Waals surface area contributed by atoms with Crippen LogP contribution in [0.5, 0.6) is 0 Å². The van der Waals surface area contributed by atoms with Gasteiger partial charge in [0.1, 0.15) is 5.82 Å². The standard InChI is InChI=1S/C26H30N6O/c33-24-10-5-12-30(24)17-14-29-15-18-31(19-16-29)26-20(6-3-11-27-26)25-23-9-4-13-32(23)22-8-2-1-7-21(22)28-25/h1-4,6-9,11,13,25,28H,5,10,12,14-19H2. The highest BCUT2D eigenvalue weighted by atomic mass is 16.2. The molecule has 33 heavy (non-hydrogen) atoms. The Bertz CT molecular complexity index is 1150. The van der Waals surface area contributed by atoms with Crippen LogP contribution >= 0.6 is 0 Å². The van der Waals surface area contributed by atoms with E-state index in [2.05, 4.69) is 68.3 Å². The molecule has 2 fully saturated rings. The largest absolute Gasteiger partial charge is 0.371 e. The first-order valence-corrected chi connectivity index (χ1v) is 12.0. The summed E-state index contributed by atoms with van der Waals surface area (Å²) in [6.45, 7) is 6.63. The Labute approximate surface area is 194 Å². The molecule has 2 saturated heterocycles. The second-order valence-corrected chi connectivity index (χ2v) is 9.13. The molecule has 0 bridgehead atoms. The fourth-order valence-corrected chi connectivity index (χ4v) is 5.41. The molecule has 6 rings (SSSR count). The number of hydrogen-bond donors (Lipinski definition) is 1. The number of para-hydroxylation sites is 2. The van der Waals surface area contributed by atoms with Gasteiger partial charge in [-0.1, -0.05) is 18.2 Å². The molecule has 1 aromatic carbocycles. The fraction of sp³-hybridized carbons (Fsp3) is 0.385. The van der Waals surface area contributed by atoms with Crippen molar-refractivity contribution in [1.29, 1.82) is 0 Å². The number of amides is 1. The number of hydrogen-bond acceptors (Lipinski definition) is 5. The molecule has 2 aromatic heterocycles. The van der Waals surface area contributed by atoms with Gasteiger partial charge in [0.2, 0.25) is 5.91 Å². The summed E-state index contributed by atoms with van der Waals surface area (Å²) in [6, 6.07) is 17.1. The van der Waals surface area contributed by atoms with Gasteiger partial charge in [-0.25, -0.2) is 4.98 Å². The van der Waals surface area contributed by atoms with E-state index in [0.717, 1.165) is 70.2 Å². The number of anilines is 2. The number of piperazine rings is 1. The lowest BCUT2D eigenvalue weighted by molar-refractivity contribution is -0.127. The van der Waals surface area contributed by atoms with Gasteiger partial charge in [-0.05, 0) is 36.8 Å². The van der Waals surface area contributed by atoms with Crippen LogP contribution in [0.1, 0.15) is 30.1 Å². The quantitative estimate of drug-likeness (QED) is 0.658. The van der Waals surface area contributed by atoms with E-state index in [9.17, 15) is 4.79 Å². The van der Waals surface area contributed by atoms with Crippen molar-refractivity contribution in [2.75, 3.05) is 56.0 Å². The molecule has 0 aliphatic carbocycles. The summed E-state index contributed by atoms with van der Waals surface area (Å²) in [6.07, 6.45) is 5.78. The highest BCUT2D eigenvalue weighted by molar-refractivity contribution is 5.78. The predicted octanol–water partition coefficient (Wildman–Crippen LogP) is 3.13. The molecule has 1 unspecified atom stereocenters. The number of nitrogens with zero attached hydrogens (tertiary/aromatic N) is 5. The van der Waals surface area contributed by atoms with E-state index in [0.29, 0.717) is 5.91 Å². The van der Waals surface area contributed by atoms with Crippen LogP contribution in [0.3, 0.4) is 0 Å². The number of likely N-dealkylation sites (tertiary alicyclic amines) is 1. The molecule has 3 aliphatic rings. The van der Waals surface area contributed by atoms with Gasteiger partial charge < -0.3 is 19.7 Å². The Hall–Kier alpha value is -3.32. The second kappa shape index (κ2) is 8.56. The molecular formula is C26H30N6O.